The van der Waals surface area contributed by atoms with Crippen LogP contribution in [-0.4, -0.2) is 37.6 Å². The average molecular weight is 443 g/mol. The number of carbonyl (C=O) groups excluding carboxylic acids is 1. The van der Waals surface area contributed by atoms with Crippen LogP contribution in [0.15, 0.2) is 23.1 Å². The molecule has 5 nitrogen and oxygen atoms in total. The highest BCUT2D eigenvalue weighted by molar-refractivity contribution is 9.09. The molecular weight excluding hydrogens is 416 g/mol. The molecule has 4 rings (SSSR count). The number of alkyl halides is 1. The number of anilines is 1. The van der Waals surface area contributed by atoms with Gasteiger partial charge in [0.05, 0.1) is 10.3 Å². The lowest BCUT2D eigenvalue weighted by molar-refractivity contribution is -0.156. The fourth-order valence-electron chi connectivity index (χ4n) is 4.80. The molecule has 0 aromatic heterocycles. The number of amides is 1. The Morgan fingerprint density at radius 3 is 2.31 bits per heavy atom. The monoisotopic (exact) mass is 442 g/mol. The van der Waals surface area contributed by atoms with Crippen LogP contribution in [0.5, 0.6) is 0 Å². The molecule has 3 unspecified atom stereocenters. The predicted molar refractivity (Wildman–Crippen MR) is 107 cm³/mol. The summed E-state index contributed by atoms with van der Waals surface area (Å²) in [6.07, 6.45) is 1.85. The van der Waals surface area contributed by atoms with Crippen molar-refractivity contribution in [2.45, 2.75) is 50.3 Å². The standard InChI is InChI=1S/C19H27BrN2O3S/c1-12-7-8-13(26(24,25)22(5)6)11-14(12)21-16(23)19-10-9-18(4,15(19)20)17(19,2)3/h7-8,11,15H,9-10H2,1-6H3,(H,21,23). The second kappa shape index (κ2) is 5.79. The number of halogens is 1. The molecule has 7 heteroatoms. The van der Waals surface area contributed by atoms with E-state index >= 15 is 0 Å². The molecular formula is C19H27BrN2O3S. The van der Waals surface area contributed by atoms with Gasteiger partial charge in [0.25, 0.3) is 0 Å². The Balaban J connectivity index is 1.95. The Bertz CT molecular complexity index is 881. The fourth-order valence-corrected chi connectivity index (χ4v) is 7.54. The van der Waals surface area contributed by atoms with Gasteiger partial charge in [-0.15, -0.1) is 0 Å². The minimum absolute atomic E-state index is 0.0261. The van der Waals surface area contributed by atoms with Gasteiger partial charge in [-0.05, 0) is 48.3 Å². The molecule has 0 spiro atoms. The van der Waals surface area contributed by atoms with Crippen molar-refractivity contribution in [3.8, 4) is 0 Å². The van der Waals surface area contributed by atoms with E-state index in [1.54, 1.807) is 18.2 Å². The maximum atomic E-state index is 13.3. The molecule has 3 atom stereocenters. The van der Waals surface area contributed by atoms with Crippen molar-refractivity contribution in [1.29, 1.82) is 0 Å². The van der Waals surface area contributed by atoms with Gasteiger partial charge in [0, 0.05) is 24.6 Å². The van der Waals surface area contributed by atoms with E-state index in [2.05, 4.69) is 42.0 Å². The van der Waals surface area contributed by atoms with E-state index in [1.165, 1.54) is 18.4 Å². The van der Waals surface area contributed by atoms with Crippen molar-refractivity contribution in [3.05, 3.63) is 23.8 Å². The van der Waals surface area contributed by atoms with Gasteiger partial charge in [0.15, 0.2) is 0 Å². The molecule has 1 aromatic carbocycles. The van der Waals surface area contributed by atoms with E-state index in [4.69, 9.17) is 0 Å². The summed E-state index contributed by atoms with van der Waals surface area (Å²) in [7, 11) is -0.551. The number of aryl methyl sites for hydroxylation is 1. The Labute approximate surface area is 164 Å². The van der Waals surface area contributed by atoms with Crippen LogP contribution in [0.25, 0.3) is 0 Å². The van der Waals surface area contributed by atoms with Crippen molar-refractivity contribution in [3.63, 3.8) is 0 Å². The zero-order valence-electron chi connectivity index (χ0n) is 16.2. The molecule has 1 N–H and O–H groups in total. The van der Waals surface area contributed by atoms with E-state index < -0.39 is 15.4 Å². The molecule has 0 radical (unpaired) electrons. The Kier molecular flexibility index (Phi) is 4.41. The van der Waals surface area contributed by atoms with Crippen LogP contribution in [0.3, 0.4) is 0 Å². The highest BCUT2D eigenvalue weighted by Crippen LogP contribution is 2.79. The summed E-state index contributed by atoms with van der Waals surface area (Å²) in [5.41, 5.74) is 0.930. The first-order valence-electron chi connectivity index (χ1n) is 8.81. The predicted octanol–water partition coefficient (Wildman–Crippen LogP) is 3.77. The normalized spacial score (nSPS) is 32.4. The number of hydrogen-bond acceptors (Lipinski definition) is 3. The lowest BCUT2D eigenvalue weighted by Gasteiger charge is -2.64. The van der Waals surface area contributed by atoms with Gasteiger partial charge in [-0.3, -0.25) is 4.79 Å². The van der Waals surface area contributed by atoms with Gasteiger partial charge in [0.2, 0.25) is 15.9 Å². The maximum Gasteiger partial charge on any atom is 0.242 e. The highest BCUT2D eigenvalue weighted by atomic mass is 79.9. The summed E-state index contributed by atoms with van der Waals surface area (Å²) in [6.45, 7) is 8.43. The number of sulfonamides is 1. The molecule has 3 aliphatic carbocycles. The van der Waals surface area contributed by atoms with Gasteiger partial charge in [-0.1, -0.05) is 42.8 Å². The molecule has 3 fully saturated rings. The lowest BCUT2D eigenvalue weighted by atomic mass is 9.43. The Hall–Kier alpha value is -0.920. The quantitative estimate of drug-likeness (QED) is 0.721. The van der Waals surface area contributed by atoms with E-state index in [0.29, 0.717) is 5.69 Å². The third-order valence-corrected chi connectivity index (χ3v) is 10.8. The number of carbonyl (C=O) groups is 1. The molecule has 2 bridgehead atoms. The lowest BCUT2D eigenvalue weighted by Crippen LogP contribution is -2.68. The van der Waals surface area contributed by atoms with Crippen molar-refractivity contribution in [1.82, 2.24) is 4.31 Å². The molecule has 3 saturated carbocycles. The van der Waals surface area contributed by atoms with Gasteiger partial charge < -0.3 is 5.32 Å². The number of nitrogens with one attached hydrogen (secondary N) is 1. The molecule has 144 valence electrons. The smallest absolute Gasteiger partial charge is 0.242 e. The minimum Gasteiger partial charge on any atom is -0.325 e. The summed E-state index contributed by atoms with van der Waals surface area (Å²) < 4.78 is 26.0. The van der Waals surface area contributed by atoms with Crippen LogP contribution >= 0.6 is 15.9 Å². The van der Waals surface area contributed by atoms with Crippen LogP contribution < -0.4 is 5.32 Å². The summed E-state index contributed by atoms with van der Waals surface area (Å²) >= 11 is 3.78. The van der Waals surface area contributed by atoms with Gasteiger partial charge >= 0.3 is 0 Å². The molecule has 0 heterocycles. The van der Waals surface area contributed by atoms with Gasteiger partial charge in [-0.25, -0.2) is 12.7 Å². The topological polar surface area (TPSA) is 66.5 Å². The number of rotatable bonds is 4. The van der Waals surface area contributed by atoms with Crippen molar-refractivity contribution in [2.75, 3.05) is 19.4 Å². The molecule has 3 aliphatic rings. The van der Waals surface area contributed by atoms with Crippen LogP contribution in [-0.2, 0) is 14.8 Å². The zero-order valence-corrected chi connectivity index (χ0v) is 18.6. The molecule has 0 aliphatic heterocycles. The first-order valence-corrected chi connectivity index (χ1v) is 11.2. The van der Waals surface area contributed by atoms with Crippen LogP contribution in [0.1, 0.15) is 39.2 Å². The fraction of sp³-hybridized carbons (Fsp3) is 0.632. The minimum atomic E-state index is -3.55. The first-order chi connectivity index (χ1) is 11.8. The summed E-state index contributed by atoms with van der Waals surface area (Å²) in [6, 6.07) is 4.87. The molecule has 0 saturated heterocycles. The van der Waals surface area contributed by atoms with E-state index in [1.807, 2.05) is 6.92 Å². The summed E-state index contributed by atoms with van der Waals surface area (Å²) in [4.78, 5) is 13.6. The number of fused-ring (bicyclic) bond motifs is 1. The van der Waals surface area contributed by atoms with E-state index in [9.17, 15) is 13.2 Å². The van der Waals surface area contributed by atoms with Gasteiger partial charge in [0.1, 0.15) is 0 Å². The molecule has 26 heavy (non-hydrogen) atoms. The number of benzene rings is 1. The Morgan fingerprint density at radius 1 is 1.23 bits per heavy atom. The molecule has 1 aromatic rings. The highest BCUT2D eigenvalue weighted by Gasteiger charge is 2.80. The summed E-state index contributed by atoms with van der Waals surface area (Å²) in [5.74, 6) is -0.0261. The largest absolute Gasteiger partial charge is 0.325 e. The van der Waals surface area contributed by atoms with Crippen LogP contribution in [0.2, 0.25) is 0 Å². The van der Waals surface area contributed by atoms with Crippen LogP contribution in [0, 0.1) is 23.2 Å². The number of nitrogens with zero attached hydrogens (tertiary/aromatic N) is 1. The average Bonchev–Trinajstić information content (AvgIpc) is 2.96. The molecule has 1 amide bonds. The third kappa shape index (κ3) is 2.23. The van der Waals surface area contributed by atoms with Gasteiger partial charge in [-0.2, -0.15) is 0 Å². The Morgan fingerprint density at radius 2 is 1.85 bits per heavy atom. The van der Waals surface area contributed by atoms with Crippen LogP contribution in [0.4, 0.5) is 5.69 Å². The summed E-state index contributed by atoms with van der Waals surface area (Å²) in [5, 5.41) is 3.03. The van der Waals surface area contributed by atoms with Crippen molar-refractivity contribution < 1.29 is 13.2 Å². The van der Waals surface area contributed by atoms with E-state index in [0.717, 1.165) is 18.4 Å². The van der Waals surface area contributed by atoms with E-state index in [-0.39, 0.29) is 26.5 Å². The number of hydrogen-bond donors (Lipinski definition) is 1. The maximum absolute atomic E-state index is 13.3. The second-order valence-corrected chi connectivity index (χ2v) is 11.7. The SMILES string of the molecule is Cc1ccc(S(=O)(=O)N(C)C)cc1NC(=O)C12CCC(C)(C1Br)C2(C)C. The zero-order chi connectivity index (χ0) is 19.7. The van der Waals surface area contributed by atoms with Crippen molar-refractivity contribution in [2.24, 2.45) is 16.2 Å². The van der Waals surface area contributed by atoms with Crippen molar-refractivity contribution >= 4 is 37.5 Å². The second-order valence-electron chi connectivity index (χ2n) is 8.59. The third-order valence-electron chi connectivity index (χ3n) is 7.21. The first kappa shape index (κ1) is 19.8.